The summed E-state index contributed by atoms with van der Waals surface area (Å²) >= 11 is 0. The number of nitrogens with zero attached hydrogens (tertiary/aromatic N) is 1. The molecule has 1 aliphatic rings. The molecular formula is C14H19NO3. The maximum absolute atomic E-state index is 11.5. The van der Waals surface area contributed by atoms with Gasteiger partial charge in [-0.3, -0.25) is 4.79 Å². The van der Waals surface area contributed by atoms with Crippen LogP contribution in [0.25, 0.3) is 0 Å². The van der Waals surface area contributed by atoms with Crippen molar-refractivity contribution in [3.05, 3.63) is 29.3 Å². The molecule has 98 valence electrons. The molecule has 18 heavy (non-hydrogen) atoms. The molecule has 4 nitrogen and oxygen atoms in total. The highest BCUT2D eigenvalue weighted by Crippen LogP contribution is 2.26. The minimum atomic E-state index is -0.0856. The molecule has 1 saturated heterocycles. The Morgan fingerprint density at radius 2 is 2.00 bits per heavy atom. The smallest absolute Gasteiger partial charge is 0.225 e. The molecule has 1 amide bonds. The van der Waals surface area contributed by atoms with Gasteiger partial charge >= 0.3 is 0 Å². The second kappa shape index (κ2) is 5.40. The average Bonchev–Trinajstić information content (AvgIpc) is 2.26. The maximum atomic E-state index is 11.5. The largest absolute Gasteiger partial charge is 0.486 e. The van der Waals surface area contributed by atoms with Crippen molar-refractivity contribution in [3.8, 4) is 5.75 Å². The predicted molar refractivity (Wildman–Crippen MR) is 68.6 cm³/mol. The molecule has 1 aromatic carbocycles. The topological polar surface area (TPSA) is 49.8 Å². The average molecular weight is 249 g/mol. The SMILES string of the molecule is Cc1cccc(C)c1OC1CN(C(=O)CCO)C1. The molecule has 0 unspecified atom stereocenters. The highest BCUT2D eigenvalue weighted by molar-refractivity contribution is 5.77. The molecule has 0 aromatic heterocycles. The highest BCUT2D eigenvalue weighted by Gasteiger charge is 2.32. The molecule has 0 atom stereocenters. The summed E-state index contributed by atoms with van der Waals surface area (Å²) in [6.07, 6.45) is 0.281. The summed E-state index contributed by atoms with van der Waals surface area (Å²) in [6.45, 7) is 5.20. The van der Waals surface area contributed by atoms with E-state index in [4.69, 9.17) is 9.84 Å². The molecule has 4 heteroatoms. The number of likely N-dealkylation sites (tertiary alicyclic amines) is 1. The van der Waals surface area contributed by atoms with E-state index in [2.05, 4.69) is 0 Å². The van der Waals surface area contributed by atoms with Crippen LogP contribution in [0, 0.1) is 13.8 Å². The predicted octanol–water partition coefficient (Wildman–Crippen LogP) is 1.28. The van der Waals surface area contributed by atoms with Crippen LogP contribution < -0.4 is 4.74 Å². The Morgan fingerprint density at radius 1 is 1.39 bits per heavy atom. The number of para-hydroxylation sites is 1. The van der Waals surface area contributed by atoms with Gasteiger partial charge in [0.15, 0.2) is 0 Å². The van der Waals surface area contributed by atoms with Crippen LogP contribution in [0.1, 0.15) is 17.5 Å². The minimum absolute atomic E-state index is 0.00106. The molecule has 0 spiro atoms. The fourth-order valence-corrected chi connectivity index (χ4v) is 2.12. The van der Waals surface area contributed by atoms with E-state index in [0.717, 1.165) is 16.9 Å². The van der Waals surface area contributed by atoms with Crippen LogP contribution in [-0.4, -0.2) is 41.7 Å². The molecule has 0 saturated carbocycles. The number of rotatable bonds is 4. The van der Waals surface area contributed by atoms with Gasteiger partial charge in [0.2, 0.25) is 5.91 Å². The van der Waals surface area contributed by atoms with Crippen molar-refractivity contribution in [1.82, 2.24) is 4.90 Å². The van der Waals surface area contributed by atoms with Crippen LogP contribution in [0.3, 0.4) is 0 Å². The van der Waals surface area contributed by atoms with Gasteiger partial charge in [-0.2, -0.15) is 0 Å². The summed E-state index contributed by atoms with van der Waals surface area (Å²) in [4.78, 5) is 13.2. The van der Waals surface area contributed by atoms with Crippen LogP contribution in [0.15, 0.2) is 18.2 Å². The normalized spacial score (nSPS) is 15.4. The third-order valence-corrected chi connectivity index (χ3v) is 3.22. The molecule has 1 aliphatic heterocycles. The van der Waals surface area contributed by atoms with Gasteiger partial charge in [-0.05, 0) is 25.0 Å². The van der Waals surface area contributed by atoms with Crippen LogP contribution in [0.5, 0.6) is 5.75 Å². The molecule has 0 bridgehead atoms. The number of carbonyl (C=O) groups excluding carboxylic acids is 1. The van der Waals surface area contributed by atoms with Crippen LogP contribution >= 0.6 is 0 Å². The van der Waals surface area contributed by atoms with E-state index in [-0.39, 0.29) is 25.0 Å². The maximum Gasteiger partial charge on any atom is 0.225 e. The summed E-state index contributed by atoms with van der Waals surface area (Å²) in [5.74, 6) is 0.926. The van der Waals surface area contributed by atoms with E-state index in [0.29, 0.717) is 13.1 Å². The van der Waals surface area contributed by atoms with Crippen molar-refractivity contribution in [2.45, 2.75) is 26.4 Å². The Labute approximate surface area is 107 Å². The molecule has 0 aliphatic carbocycles. The lowest BCUT2D eigenvalue weighted by molar-refractivity contribution is -0.140. The zero-order valence-corrected chi connectivity index (χ0v) is 10.8. The first-order valence-electron chi connectivity index (χ1n) is 6.23. The van der Waals surface area contributed by atoms with Crippen LogP contribution in [0.2, 0.25) is 0 Å². The standard InChI is InChI=1S/C14H19NO3/c1-10-4-3-5-11(2)14(10)18-12-8-15(9-12)13(17)6-7-16/h3-5,12,16H,6-9H2,1-2H3. The molecule has 1 aromatic rings. The van der Waals surface area contributed by atoms with E-state index in [1.807, 2.05) is 32.0 Å². The zero-order chi connectivity index (χ0) is 13.1. The number of amides is 1. The number of carbonyl (C=O) groups is 1. The van der Waals surface area contributed by atoms with E-state index in [1.165, 1.54) is 0 Å². The monoisotopic (exact) mass is 249 g/mol. The Hall–Kier alpha value is -1.55. The third-order valence-electron chi connectivity index (χ3n) is 3.22. The van der Waals surface area contributed by atoms with Crippen molar-refractivity contribution >= 4 is 5.91 Å². The Bertz CT molecular complexity index is 418. The summed E-state index contributed by atoms with van der Waals surface area (Å²) < 4.78 is 5.91. The number of hydrogen-bond donors (Lipinski definition) is 1. The summed E-state index contributed by atoms with van der Waals surface area (Å²) in [7, 11) is 0. The first kappa shape index (κ1) is 12.9. The lowest BCUT2D eigenvalue weighted by Gasteiger charge is -2.39. The van der Waals surface area contributed by atoms with Gasteiger partial charge in [0, 0.05) is 6.42 Å². The van der Waals surface area contributed by atoms with Gasteiger partial charge in [-0.15, -0.1) is 0 Å². The summed E-state index contributed by atoms with van der Waals surface area (Å²) in [5.41, 5.74) is 2.24. The Balaban J connectivity index is 1.89. The first-order chi connectivity index (χ1) is 8.61. The lowest BCUT2D eigenvalue weighted by atomic mass is 10.1. The summed E-state index contributed by atoms with van der Waals surface area (Å²) in [6, 6.07) is 6.06. The fourth-order valence-electron chi connectivity index (χ4n) is 2.12. The second-order valence-electron chi connectivity index (χ2n) is 4.73. The number of ether oxygens (including phenoxy) is 1. The Morgan fingerprint density at radius 3 is 2.56 bits per heavy atom. The molecule has 2 rings (SSSR count). The van der Waals surface area contributed by atoms with E-state index in [1.54, 1.807) is 4.90 Å². The van der Waals surface area contributed by atoms with Crippen molar-refractivity contribution in [2.75, 3.05) is 19.7 Å². The molecular weight excluding hydrogens is 230 g/mol. The quantitative estimate of drug-likeness (QED) is 0.874. The second-order valence-corrected chi connectivity index (χ2v) is 4.73. The Kier molecular flexibility index (Phi) is 3.87. The van der Waals surface area contributed by atoms with Gasteiger partial charge < -0.3 is 14.7 Å². The van der Waals surface area contributed by atoms with Crippen molar-refractivity contribution in [3.63, 3.8) is 0 Å². The van der Waals surface area contributed by atoms with E-state index < -0.39 is 0 Å². The minimum Gasteiger partial charge on any atom is -0.486 e. The van der Waals surface area contributed by atoms with Crippen LogP contribution in [-0.2, 0) is 4.79 Å². The fraction of sp³-hybridized carbons (Fsp3) is 0.500. The number of hydrogen-bond acceptors (Lipinski definition) is 3. The highest BCUT2D eigenvalue weighted by atomic mass is 16.5. The number of aliphatic hydroxyl groups is 1. The summed E-state index contributed by atoms with van der Waals surface area (Å²) in [5, 5.41) is 8.70. The van der Waals surface area contributed by atoms with Gasteiger partial charge in [-0.25, -0.2) is 0 Å². The van der Waals surface area contributed by atoms with Crippen molar-refractivity contribution in [1.29, 1.82) is 0 Å². The molecule has 1 heterocycles. The van der Waals surface area contributed by atoms with Crippen molar-refractivity contribution < 1.29 is 14.6 Å². The lowest BCUT2D eigenvalue weighted by Crippen LogP contribution is -2.56. The van der Waals surface area contributed by atoms with Crippen molar-refractivity contribution in [2.24, 2.45) is 0 Å². The third kappa shape index (κ3) is 2.64. The van der Waals surface area contributed by atoms with E-state index in [9.17, 15) is 4.79 Å². The van der Waals surface area contributed by atoms with Gasteiger partial charge in [0.05, 0.1) is 19.7 Å². The molecule has 1 fully saturated rings. The number of aliphatic hydroxyl groups excluding tert-OH is 1. The van der Waals surface area contributed by atoms with E-state index >= 15 is 0 Å². The molecule has 0 radical (unpaired) electrons. The first-order valence-corrected chi connectivity index (χ1v) is 6.23. The molecule has 1 N–H and O–H groups in total. The van der Waals surface area contributed by atoms with Gasteiger partial charge in [-0.1, -0.05) is 18.2 Å². The number of aryl methyl sites for hydroxylation is 2. The van der Waals surface area contributed by atoms with Crippen LogP contribution in [0.4, 0.5) is 0 Å². The number of benzene rings is 1. The van der Waals surface area contributed by atoms with Gasteiger partial charge in [0.25, 0.3) is 0 Å². The van der Waals surface area contributed by atoms with Gasteiger partial charge in [0.1, 0.15) is 11.9 Å². The zero-order valence-electron chi connectivity index (χ0n) is 10.8.